The Morgan fingerprint density at radius 3 is 0.702 bits per heavy atom. The Bertz CT molecular complexity index is 815. The molecule has 342 valence electrons. The van der Waals surface area contributed by atoms with Crippen molar-refractivity contribution in [2.75, 3.05) is 6.54 Å². The second-order valence-electron chi connectivity index (χ2n) is 17.0. The molecule has 0 aromatic carbocycles. The van der Waals surface area contributed by atoms with Crippen LogP contribution in [0, 0.1) is 30.3 Å². The highest BCUT2D eigenvalue weighted by atomic mass is 16.6. The second kappa shape index (κ2) is 52.2. The van der Waals surface area contributed by atoms with Gasteiger partial charge in [-0.1, -0.05) is 227 Å². The van der Waals surface area contributed by atoms with Crippen LogP contribution in [0.2, 0.25) is 0 Å². The zero-order valence-corrected chi connectivity index (χ0v) is 38.9. The lowest BCUT2D eigenvalue weighted by molar-refractivity contribution is -0.524. The standard InChI is InChI=1S/C18H37NO2.C16H33NO2.C14H29NO2/c1-3-5-7-9-10-11-12-13-15-17-18(19(20)21)16-14-8-6-4-2;1-3-5-7-8-9-10-11-12-13-15-16(17(18)19)14-6-4-2;1-2-3-4-5-6-7-8-9-10-11-12-13-14-15(16)17/h18H,3-17H2,1-2H3;16H,3-15H2,1-2H3;2-14H2,1H3. The van der Waals surface area contributed by atoms with Crippen LogP contribution in [-0.2, 0) is 0 Å². The van der Waals surface area contributed by atoms with Crippen molar-refractivity contribution >= 4 is 0 Å². The van der Waals surface area contributed by atoms with Crippen molar-refractivity contribution in [3.8, 4) is 0 Å². The van der Waals surface area contributed by atoms with Crippen LogP contribution in [0.15, 0.2) is 0 Å². The highest BCUT2D eigenvalue weighted by Gasteiger charge is 2.19. The number of hydrogen-bond donors (Lipinski definition) is 0. The Morgan fingerprint density at radius 1 is 0.281 bits per heavy atom. The maximum absolute atomic E-state index is 11.0. The molecule has 0 bridgehead atoms. The zero-order chi connectivity index (χ0) is 42.9. The van der Waals surface area contributed by atoms with Gasteiger partial charge in [-0.15, -0.1) is 0 Å². The van der Waals surface area contributed by atoms with Crippen molar-refractivity contribution in [1.29, 1.82) is 0 Å². The predicted octanol–water partition coefficient (Wildman–Crippen LogP) is 17.2. The third-order valence-corrected chi connectivity index (χ3v) is 11.4. The van der Waals surface area contributed by atoms with E-state index in [-0.39, 0.29) is 33.4 Å². The minimum Gasteiger partial charge on any atom is -0.265 e. The summed E-state index contributed by atoms with van der Waals surface area (Å²) in [5, 5.41) is 32.0. The van der Waals surface area contributed by atoms with Crippen molar-refractivity contribution in [3.05, 3.63) is 30.3 Å². The molecule has 2 atom stereocenters. The van der Waals surface area contributed by atoms with Gasteiger partial charge in [0.05, 0.1) is 0 Å². The van der Waals surface area contributed by atoms with Crippen LogP contribution in [0.4, 0.5) is 0 Å². The molecule has 0 saturated carbocycles. The summed E-state index contributed by atoms with van der Waals surface area (Å²) in [6.45, 7) is 11.2. The van der Waals surface area contributed by atoms with E-state index in [0.717, 1.165) is 77.0 Å². The fourth-order valence-corrected chi connectivity index (χ4v) is 7.42. The van der Waals surface area contributed by atoms with Gasteiger partial charge in [0, 0.05) is 46.9 Å². The molecule has 0 amide bonds. The van der Waals surface area contributed by atoms with Gasteiger partial charge in [0.15, 0.2) is 0 Å². The fraction of sp³-hybridized carbons (Fsp3) is 1.00. The van der Waals surface area contributed by atoms with Crippen LogP contribution in [0.25, 0.3) is 0 Å². The lowest BCUT2D eigenvalue weighted by atomic mass is 10.0. The van der Waals surface area contributed by atoms with E-state index in [0.29, 0.717) is 0 Å². The Kier molecular flexibility index (Phi) is 54.5. The van der Waals surface area contributed by atoms with Gasteiger partial charge in [0.1, 0.15) is 0 Å². The first kappa shape index (κ1) is 59.5. The monoisotopic (exact) mass is 814 g/mol. The first-order valence-electron chi connectivity index (χ1n) is 25.1. The normalized spacial score (nSPS) is 11.9. The average Bonchev–Trinajstić information content (AvgIpc) is 3.19. The van der Waals surface area contributed by atoms with Crippen LogP contribution in [0.1, 0.15) is 291 Å². The van der Waals surface area contributed by atoms with Gasteiger partial charge in [0.2, 0.25) is 18.6 Å². The highest BCUT2D eigenvalue weighted by molar-refractivity contribution is 4.60. The first-order valence-corrected chi connectivity index (χ1v) is 25.1. The second-order valence-corrected chi connectivity index (χ2v) is 17.0. The molecular weight excluding hydrogens is 715 g/mol. The lowest BCUT2D eigenvalue weighted by Gasteiger charge is -2.09. The molecule has 0 rings (SSSR count). The summed E-state index contributed by atoms with van der Waals surface area (Å²) < 4.78 is 0. The van der Waals surface area contributed by atoms with E-state index in [1.807, 2.05) is 0 Å². The molecule has 0 aromatic heterocycles. The predicted molar refractivity (Wildman–Crippen MR) is 246 cm³/mol. The van der Waals surface area contributed by atoms with Crippen LogP contribution in [0.5, 0.6) is 0 Å². The molecule has 0 aromatic rings. The van der Waals surface area contributed by atoms with Crippen molar-refractivity contribution in [2.45, 2.75) is 304 Å². The summed E-state index contributed by atoms with van der Waals surface area (Å²) >= 11 is 0. The summed E-state index contributed by atoms with van der Waals surface area (Å²) in [6.07, 6.45) is 47.9. The molecule has 0 spiro atoms. The maximum atomic E-state index is 11.0. The van der Waals surface area contributed by atoms with Crippen LogP contribution in [-0.4, -0.2) is 33.4 Å². The zero-order valence-electron chi connectivity index (χ0n) is 38.9. The van der Waals surface area contributed by atoms with Crippen molar-refractivity contribution in [1.82, 2.24) is 0 Å². The van der Waals surface area contributed by atoms with E-state index in [9.17, 15) is 30.3 Å². The van der Waals surface area contributed by atoms with Gasteiger partial charge < -0.3 is 0 Å². The molecule has 0 heterocycles. The topological polar surface area (TPSA) is 129 Å². The molecule has 0 N–H and O–H groups in total. The van der Waals surface area contributed by atoms with Gasteiger partial charge in [-0.2, -0.15) is 0 Å². The Morgan fingerprint density at radius 2 is 0.474 bits per heavy atom. The molecule has 0 aliphatic carbocycles. The quantitative estimate of drug-likeness (QED) is 0.0342. The molecule has 0 aliphatic heterocycles. The molecule has 0 fully saturated rings. The SMILES string of the molecule is CCCCCCCCCCCC(CCCC)[N+](=O)[O-].CCCCCCCCCCCC(CCCCCC)[N+](=O)[O-].CCCCCCCCCCCCCC[N+](=O)[O-]. The van der Waals surface area contributed by atoms with Gasteiger partial charge in [-0.3, -0.25) is 30.3 Å². The summed E-state index contributed by atoms with van der Waals surface area (Å²) in [5.41, 5.74) is 0. The largest absolute Gasteiger partial charge is 0.265 e. The van der Waals surface area contributed by atoms with Gasteiger partial charge in [-0.25, -0.2) is 0 Å². The highest BCUT2D eigenvalue weighted by Crippen LogP contribution is 2.18. The number of nitrogens with zero attached hydrogens (tertiary/aromatic N) is 3. The maximum Gasteiger partial charge on any atom is 0.213 e. The summed E-state index contributed by atoms with van der Waals surface area (Å²) in [4.78, 5) is 31.7. The third kappa shape index (κ3) is 54.2. The van der Waals surface area contributed by atoms with E-state index in [4.69, 9.17) is 0 Å². The van der Waals surface area contributed by atoms with Crippen LogP contribution in [0.3, 0.4) is 0 Å². The lowest BCUT2D eigenvalue weighted by Crippen LogP contribution is -2.19. The van der Waals surface area contributed by atoms with Gasteiger partial charge >= 0.3 is 0 Å². The molecule has 9 nitrogen and oxygen atoms in total. The summed E-state index contributed by atoms with van der Waals surface area (Å²) in [5.74, 6) is 0. The molecule has 0 saturated heterocycles. The smallest absolute Gasteiger partial charge is 0.213 e. The molecule has 2 unspecified atom stereocenters. The Labute approximate surface area is 354 Å². The van der Waals surface area contributed by atoms with Crippen molar-refractivity contribution in [3.63, 3.8) is 0 Å². The molecular formula is C48H99N3O6. The van der Waals surface area contributed by atoms with E-state index in [2.05, 4.69) is 34.6 Å². The van der Waals surface area contributed by atoms with Crippen molar-refractivity contribution < 1.29 is 14.8 Å². The van der Waals surface area contributed by atoms with Crippen molar-refractivity contribution in [2.24, 2.45) is 0 Å². The number of rotatable bonds is 43. The number of nitro groups is 3. The van der Waals surface area contributed by atoms with Crippen LogP contribution < -0.4 is 0 Å². The summed E-state index contributed by atoms with van der Waals surface area (Å²) in [7, 11) is 0. The van der Waals surface area contributed by atoms with Gasteiger partial charge in [0.25, 0.3) is 0 Å². The third-order valence-electron chi connectivity index (χ3n) is 11.4. The Hall–Kier alpha value is -1.80. The molecule has 0 radical (unpaired) electrons. The molecule has 9 heteroatoms. The van der Waals surface area contributed by atoms with Crippen LogP contribution >= 0.6 is 0 Å². The Balaban J connectivity index is -0.000000772. The van der Waals surface area contributed by atoms with E-state index < -0.39 is 0 Å². The number of hydrogen-bond acceptors (Lipinski definition) is 6. The average molecular weight is 814 g/mol. The molecule has 0 aliphatic rings. The van der Waals surface area contributed by atoms with E-state index in [1.165, 1.54) is 180 Å². The van der Waals surface area contributed by atoms with Gasteiger partial charge in [-0.05, 0) is 32.1 Å². The molecule has 57 heavy (non-hydrogen) atoms. The number of unbranched alkanes of at least 4 members (excludes halogenated alkanes) is 31. The minimum absolute atomic E-state index is 0.0449. The van der Waals surface area contributed by atoms with E-state index in [1.54, 1.807) is 0 Å². The first-order chi connectivity index (χ1) is 27.7. The minimum atomic E-state index is -0.287. The van der Waals surface area contributed by atoms with E-state index >= 15 is 0 Å². The summed E-state index contributed by atoms with van der Waals surface area (Å²) in [6, 6.07) is -0.573. The fourth-order valence-electron chi connectivity index (χ4n) is 7.42.